The molecule has 2 aromatic carbocycles. The van der Waals surface area contributed by atoms with Gasteiger partial charge in [0, 0.05) is 11.1 Å². The van der Waals surface area contributed by atoms with Gasteiger partial charge in [0.05, 0.1) is 6.26 Å². The highest BCUT2D eigenvalue weighted by Crippen LogP contribution is 2.41. The minimum atomic E-state index is -3.76. The zero-order valence-electron chi connectivity index (χ0n) is 12.2. The van der Waals surface area contributed by atoms with E-state index in [2.05, 4.69) is 13.7 Å². The number of hydrogen-bond acceptors (Lipinski definition) is 6. The van der Waals surface area contributed by atoms with Crippen molar-refractivity contribution in [1.29, 1.82) is 0 Å². The fourth-order valence-electron chi connectivity index (χ4n) is 2.09. The highest BCUT2D eigenvalue weighted by Gasteiger charge is 2.43. The van der Waals surface area contributed by atoms with E-state index in [-0.39, 0.29) is 28.4 Å². The van der Waals surface area contributed by atoms with Crippen LogP contribution in [0.1, 0.15) is 15.9 Å². The normalized spacial score (nSPS) is 15.1. The standard InChI is InChI=1S/C15H10F2O6S/c1-24(19,20)23-11-5-2-9(3-6-11)14(18)10-4-7-12-13(8-10)22-15(16,17)21-12/h2-8H,1H3. The molecular weight excluding hydrogens is 346 g/mol. The second kappa shape index (κ2) is 5.45. The van der Waals surface area contributed by atoms with Gasteiger partial charge in [-0.15, -0.1) is 8.78 Å². The molecule has 0 fully saturated rings. The van der Waals surface area contributed by atoms with Crippen LogP contribution in [0.3, 0.4) is 0 Å². The Morgan fingerprint density at radius 1 is 1.00 bits per heavy atom. The van der Waals surface area contributed by atoms with E-state index in [4.69, 9.17) is 0 Å². The summed E-state index contributed by atoms with van der Waals surface area (Å²) in [6.07, 6.45) is -2.86. The summed E-state index contributed by atoms with van der Waals surface area (Å²) in [5.41, 5.74) is 0.341. The topological polar surface area (TPSA) is 78.9 Å². The smallest absolute Gasteiger partial charge is 0.395 e. The molecule has 2 aromatic rings. The average molecular weight is 356 g/mol. The largest absolute Gasteiger partial charge is 0.586 e. The Morgan fingerprint density at radius 3 is 2.21 bits per heavy atom. The number of alkyl halides is 2. The van der Waals surface area contributed by atoms with E-state index < -0.39 is 22.2 Å². The summed E-state index contributed by atoms with van der Waals surface area (Å²) in [5, 5.41) is 0. The van der Waals surface area contributed by atoms with Crippen LogP contribution in [0, 0.1) is 0 Å². The lowest BCUT2D eigenvalue weighted by molar-refractivity contribution is -0.286. The highest BCUT2D eigenvalue weighted by molar-refractivity contribution is 7.86. The molecule has 0 saturated heterocycles. The lowest BCUT2D eigenvalue weighted by atomic mass is 10.0. The molecule has 1 aliphatic heterocycles. The van der Waals surface area contributed by atoms with Crippen LogP contribution in [0.2, 0.25) is 0 Å². The van der Waals surface area contributed by atoms with Crippen molar-refractivity contribution in [3.63, 3.8) is 0 Å². The molecule has 1 heterocycles. The molecule has 24 heavy (non-hydrogen) atoms. The fourth-order valence-corrected chi connectivity index (χ4v) is 2.55. The molecular formula is C15H10F2O6S. The van der Waals surface area contributed by atoms with Crippen LogP contribution in [0.15, 0.2) is 42.5 Å². The van der Waals surface area contributed by atoms with E-state index in [0.717, 1.165) is 12.3 Å². The van der Waals surface area contributed by atoms with E-state index >= 15 is 0 Å². The van der Waals surface area contributed by atoms with Crippen LogP contribution in [-0.2, 0) is 10.1 Å². The van der Waals surface area contributed by atoms with Gasteiger partial charge in [0.25, 0.3) is 0 Å². The maximum Gasteiger partial charge on any atom is 0.586 e. The molecule has 126 valence electrons. The Morgan fingerprint density at radius 2 is 1.58 bits per heavy atom. The van der Waals surface area contributed by atoms with Gasteiger partial charge in [0.1, 0.15) is 5.75 Å². The van der Waals surface area contributed by atoms with Gasteiger partial charge in [-0.2, -0.15) is 8.42 Å². The van der Waals surface area contributed by atoms with Crippen LogP contribution in [0.4, 0.5) is 8.78 Å². The van der Waals surface area contributed by atoms with E-state index in [1.54, 1.807) is 0 Å². The quantitative estimate of drug-likeness (QED) is 0.619. The van der Waals surface area contributed by atoms with Crippen LogP contribution in [-0.4, -0.2) is 26.8 Å². The van der Waals surface area contributed by atoms with Crippen LogP contribution in [0.5, 0.6) is 17.2 Å². The van der Waals surface area contributed by atoms with E-state index in [1.807, 2.05) is 0 Å². The Balaban J connectivity index is 1.83. The van der Waals surface area contributed by atoms with Crippen molar-refractivity contribution in [3.05, 3.63) is 53.6 Å². The summed E-state index contributed by atoms with van der Waals surface area (Å²) in [7, 11) is -3.67. The number of hydrogen-bond donors (Lipinski definition) is 0. The zero-order chi connectivity index (χ0) is 17.5. The number of carbonyl (C=O) groups excluding carboxylic acids is 1. The molecule has 0 aliphatic carbocycles. The van der Waals surface area contributed by atoms with E-state index in [0.29, 0.717) is 0 Å². The van der Waals surface area contributed by atoms with Crippen molar-refractivity contribution in [2.24, 2.45) is 0 Å². The first-order valence-electron chi connectivity index (χ1n) is 6.57. The predicted octanol–water partition coefficient (Wildman–Crippen LogP) is 2.58. The van der Waals surface area contributed by atoms with Gasteiger partial charge in [-0.05, 0) is 42.5 Å². The van der Waals surface area contributed by atoms with Gasteiger partial charge in [0.2, 0.25) is 0 Å². The van der Waals surface area contributed by atoms with Crippen LogP contribution < -0.4 is 13.7 Å². The van der Waals surface area contributed by atoms with Gasteiger partial charge in [0.15, 0.2) is 17.3 Å². The van der Waals surface area contributed by atoms with Crippen molar-refractivity contribution in [3.8, 4) is 17.2 Å². The third-order valence-electron chi connectivity index (χ3n) is 3.03. The number of ketones is 1. The summed E-state index contributed by atoms with van der Waals surface area (Å²) in [6.45, 7) is 0. The summed E-state index contributed by atoms with van der Waals surface area (Å²) >= 11 is 0. The third-order valence-corrected chi connectivity index (χ3v) is 3.52. The van der Waals surface area contributed by atoms with Crippen molar-refractivity contribution in [1.82, 2.24) is 0 Å². The first-order chi connectivity index (χ1) is 11.1. The molecule has 9 heteroatoms. The minimum Gasteiger partial charge on any atom is -0.395 e. The summed E-state index contributed by atoms with van der Waals surface area (Å²) in [5.74, 6) is -0.793. The lowest BCUT2D eigenvalue weighted by Gasteiger charge is -2.05. The molecule has 0 N–H and O–H groups in total. The molecule has 0 spiro atoms. The first-order valence-corrected chi connectivity index (χ1v) is 8.39. The second-order valence-electron chi connectivity index (χ2n) is 4.97. The predicted molar refractivity (Wildman–Crippen MR) is 78.0 cm³/mol. The van der Waals surface area contributed by atoms with Gasteiger partial charge >= 0.3 is 16.4 Å². The Bertz CT molecular complexity index is 906. The summed E-state index contributed by atoms with van der Waals surface area (Å²) in [4.78, 5) is 12.4. The Kier molecular flexibility index (Phi) is 3.67. The molecule has 3 rings (SSSR count). The number of halogens is 2. The van der Waals surface area contributed by atoms with Crippen molar-refractivity contribution in [2.75, 3.05) is 6.26 Å². The molecule has 0 radical (unpaired) electrons. The average Bonchev–Trinajstić information content (AvgIpc) is 2.78. The first kappa shape index (κ1) is 16.2. The molecule has 0 saturated carbocycles. The SMILES string of the molecule is CS(=O)(=O)Oc1ccc(C(=O)c2ccc3c(c2)OC(F)(F)O3)cc1. The maximum absolute atomic E-state index is 13.0. The van der Waals surface area contributed by atoms with Crippen molar-refractivity contribution < 1.29 is 35.6 Å². The zero-order valence-corrected chi connectivity index (χ0v) is 13.0. The number of ether oxygens (including phenoxy) is 2. The minimum absolute atomic E-state index is 0.0550. The molecule has 6 nitrogen and oxygen atoms in total. The number of fused-ring (bicyclic) bond motifs is 1. The van der Waals surface area contributed by atoms with E-state index in [1.165, 1.54) is 36.4 Å². The van der Waals surface area contributed by atoms with E-state index in [9.17, 15) is 22.0 Å². The molecule has 0 aromatic heterocycles. The summed E-state index contributed by atoms with van der Waals surface area (Å²) < 4.78 is 61.2. The van der Waals surface area contributed by atoms with Gasteiger partial charge in [-0.1, -0.05) is 0 Å². The monoisotopic (exact) mass is 356 g/mol. The van der Waals surface area contributed by atoms with Crippen LogP contribution in [0.25, 0.3) is 0 Å². The highest BCUT2D eigenvalue weighted by atomic mass is 32.2. The lowest BCUT2D eigenvalue weighted by Crippen LogP contribution is -2.25. The van der Waals surface area contributed by atoms with Crippen LogP contribution >= 0.6 is 0 Å². The van der Waals surface area contributed by atoms with Gasteiger partial charge < -0.3 is 13.7 Å². The Labute approximate surface area is 135 Å². The van der Waals surface area contributed by atoms with Gasteiger partial charge in [-0.25, -0.2) is 0 Å². The number of rotatable bonds is 4. The molecule has 0 unspecified atom stereocenters. The fraction of sp³-hybridized carbons (Fsp3) is 0.133. The second-order valence-corrected chi connectivity index (χ2v) is 6.54. The Hall–Kier alpha value is -2.68. The molecule has 0 bridgehead atoms. The molecule has 0 amide bonds. The maximum atomic E-state index is 13.0. The molecule has 0 atom stereocenters. The van der Waals surface area contributed by atoms with Crippen molar-refractivity contribution in [2.45, 2.75) is 6.29 Å². The molecule has 1 aliphatic rings. The third kappa shape index (κ3) is 3.46. The van der Waals surface area contributed by atoms with Gasteiger partial charge in [-0.3, -0.25) is 4.79 Å². The summed E-state index contributed by atoms with van der Waals surface area (Å²) in [6, 6.07) is 9.05. The number of benzene rings is 2. The number of carbonyl (C=O) groups is 1. The van der Waals surface area contributed by atoms with Crippen molar-refractivity contribution >= 4 is 15.9 Å².